The molecule has 21 heavy (non-hydrogen) atoms. The molecular formula is C17H31N3O. The number of nitrogens with zero attached hydrogens (tertiary/aromatic N) is 2. The van der Waals surface area contributed by atoms with Crippen molar-refractivity contribution in [3.63, 3.8) is 0 Å². The van der Waals surface area contributed by atoms with Crippen molar-refractivity contribution in [1.29, 1.82) is 5.26 Å². The van der Waals surface area contributed by atoms with E-state index in [1.165, 1.54) is 12.8 Å². The molecule has 1 N–H and O–H groups in total. The van der Waals surface area contributed by atoms with Crippen LogP contribution in [0.2, 0.25) is 0 Å². The average molecular weight is 293 g/mol. The van der Waals surface area contributed by atoms with Crippen LogP contribution in [-0.4, -0.2) is 49.3 Å². The molecule has 2 fully saturated rings. The fourth-order valence-corrected chi connectivity index (χ4v) is 3.86. The maximum Gasteiger partial charge on any atom is 0.109 e. The summed E-state index contributed by atoms with van der Waals surface area (Å²) in [5, 5.41) is 13.2. The monoisotopic (exact) mass is 293 g/mol. The molecule has 120 valence electrons. The Kier molecular flexibility index (Phi) is 6.47. The largest absolute Gasteiger partial charge is 0.377 e. The summed E-state index contributed by atoms with van der Waals surface area (Å²) >= 11 is 0. The molecule has 1 saturated heterocycles. The highest BCUT2D eigenvalue weighted by Gasteiger charge is 2.42. The van der Waals surface area contributed by atoms with E-state index in [1.54, 1.807) is 0 Å². The first kappa shape index (κ1) is 16.7. The van der Waals surface area contributed by atoms with E-state index in [0.717, 1.165) is 58.5 Å². The minimum atomic E-state index is -0.260. The zero-order valence-corrected chi connectivity index (χ0v) is 13.7. The summed E-state index contributed by atoms with van der Waals surface area (Å²) in [4.78, 5) is 2.53. The number of hydrogen-bond donors (Lipinski definition) is 1. The molecule has 0 aromatic carbocycles. The molecule has 2 rings (SSSR count). The Labute approximate surface area is 129 Å². The van der Waals surface area contributed by atoms with Crippen LogP contribution in [0.5, 0.6) is 0 Å². The number of nitrogens with one attached hydrogen (secondary N) is 1. The molecule has 0 bridgehead atoms. The van der Waals surface area contributed by atoms with Crippen molar-refractivity contribution >= 4 is 0 Å². The summed E-state index contributed by atoms with van der Waals surface area (Å²) in [6.07, 6.45) is 7.11. The molecule has 0 aromatic heterocycles. The molecule has 0 radical (unpaired) electrons. The lowest BCUT2D eigenvalue weighted by atomic mass is 9.85. The molecule has 0 spiro atoms. The molecule has 4 nitrogen and oxygen atoms in total. The molecule has 1 saturated carbocycles. The van der Waals surface area contributed by atoms with E-state index < -0.39 is 0 Å². The van der Waals surface area contributed by atoms with Crippen molar-refractivity contribution in [1.82, 2.24) is 10.2 Å². The predicted octanol–water partition coefficient (Wildman–Crippen LogP) is 2.55. The Morgan fingerprint density at radius 2 is 2.29 bits per heavy atom. The van der Waals surface area contributed by atoms with Gasteiger partial charge in [-0.2, -0.15) is 5.26 Å². The quantitative estimate of drug-likeness (QED) is 0.817. The Morgan fingerprint density at radius 3 is 3.05 bits per heavy atom. The van der Waals surface area contributed by atoms with Crippen molar-refractivity contribution in [2.24, 2.45) is 5.92 Å². The van der Waals surface area contributed by atoms with Gasteiger partial charge in [0, 0.05) is 19.7 Å². The average Bonchev–Trinajstić information content (AvgIpc) is 2.78. The van der Waals surface area contributed by atoms with Crippen LogP contribution < -0.4 is 5.32 Å². The third-order valence-electron chi connectivity index (χ3n) is 5.04. The summed E-state index contributed by atoms with van der Waals surface area (Å²) in [6, 6.07) is 2.62. The second-order valence-corrected chi connectivity index (χ2v) is 6.72. The number of rotatable bonds is 6. The van der Waals surface area contributed by atoms with Crippen LogP contribution in [0.3, 0.4) is 0 Å². The van der Waals surface area contributed by atoms with Crippen molar-refractivity contribution in [2.45, 2.75) is 64.0 Å². The van der Waals surface area contributed by atoms with Gasteiger partial charge >= 0.3 is 0 Å². The molecule has 0 aromatic rings. The van der Waals surface area contributed by atoms with E-state index in [9.17, 15) is 5.26 Å². The number of nitriles is 1. The van der Waals surface area contributed by atoms with Gasteiger partial charge in [-0.15, -0.1) is 0 Å². The molecule has 1 aliphatic heterocycles. The minimum absolute atomic E-state index is 0.260. The van der Waals surface area contributed by atoms with Gasteiger partial charge in [-0.05, 0) is 58.0 Å². The summed E-state index contributed by atoms with van der Waals surface area (Å²) in [7, 11) is 0. The maximum absolute atomic E-state index is 9.69. The van der Waals surface area contributed by atoms with Crippen molar-refractivity contribution in [2.75, 3.05) is 32.8 Å². The second kappa shape index (κ2) is 8.12. The standard InChI is InChI=1S/C17H31N3O/c1-3-9-19-17(14-18)8-4-6-16(17)7-11-20-10-5-12-21-15(2)13-20/h15-16,19H,3-13H2,1-2H3. The summed E-state index contributed by atoms with van der Waals surface area (Å²) < 4.78 is 5.71. The number of hydrogen-bond acceptors (Lipinski definition) is 4. The van der Waals surface area contributed by atoms with Crippen molar-refractivity contribution in [3.05, 3.63) is 0 Å². The molecule has 3 atom stereocenters. The topological polar surface area (TPSA) is 48.3 Å². The van der Waals surface area contributed by atoms with Crippen LogP contribution in [0.25, 0.3) is 0 Å². The van der Waals surface area contributed by atoms with Gasteiger partial charge in [0.1, 0.15) is 5.54 Å². The van der Waals surface area contributed by atoms with Gasteiger partial charge in [0.15, 0.2) is 0 Å². The van der Waals surface area contributed by atoms with Crippen LogP contribution in [0.1, 0.15) is 52.4 Å². The third kappa shape index (κ3) is 4.42. The van der Waals surface area contributed by atoms with Gasteiger partial charge in [-0.1, -0.05) is 13.3 Å². The van der Waals surface area contributed by atoms with Crippen LogP contribution in [0.15, 0.2) is 0 Å². The van der Waals surface area contributed by atoms with Gasteiger partial charge < -0.3 is 9.64 Å². The molecule has 1 heterocycles. The lowest BCUT2D eigenvalue weighted by Gasteiger charge is -2.32. The Hall–Kier alpha value is -0.630. The smallest absolute Gasteiger partial charge is 0.109 e. The highest BCUT2D eigenvalue weighted by atomic mass is 16.5. The Balaban J connectivity index is 1.87. The summed E-state index contributed by atoms with van der Waals surface area (Å²) in [5.74, 6) is 0.508. The first-order valence-corrected chi connectivity index (χ1v) is 8.70. The van der Waals surface area contributed by atoms with Crippen molar-refractivity contribution in [3.8, 4) is 6.07 Å². The zero-order chi connectivity index (χ0) is 15.1. The first-order valence-electron chi connectivity index (χ1n) is 8.70. The van der Waals surface area contributed by atoms with Gasteiger partial charge in [-0.3, -0.25) is 5.32 Å². The molecule has 1 aliphatic carbocycles. The van der Waals surface area contributed by atoms with Crippen LogP contribution in [-0.2, 0) is 4.74 Å². The second-order valence-electron chi connectivity index (χ2n) is 6.72. The highest BCUT2D eigenvalue weighted by molar-refractivity contribution is 5.14. The van der Waals surface area contributed by atoms with Crippen molar-refractivity contribution < 1.29 is 4.74 Å². The van der Waals surface area contributed by atoms with E-state index in [-0.39, 0.29) is 5.54 Å². The van der Waals surface area contributed by atoms with E-state index in [4.69, 9.17) is 4.74 Å². The Morgan fingerprint density at radius 1 is 1.43 bits per heavy atom. The lowest BCUT2D eigenvalue weighted by molar-refractivity contribution is 0.0666. The summed E-state index contributed by atoms with van der Waals surface area (Å²) in [5.41, 5.74) is -0.260. The normalized spacial score (nSPS) is 34.5. The fourth-order valence-electron chi connectivity index (χ4n) is 3.86. The van der Waals surface area contributed by atoms with Gasteiger partial charge in [-0.25, -0.2) is 0 Å². The highest BCUT2D eigenvalue weighted by Crippen LogP contribution is 2.37. The lowest BCUT2D eigenvalue weighted by Crippen LogP contribution is -2.48. The molecule has 2 aliphatic rings. The molecule has 4 heteroatoms. The van der Waals surface area contributed by atoms with E-state index >= 15 is 0 Å². The van der Waals surface area contributed by atoms with E-state index in [2.05, 4.69) is 30.1 Å². The van der Waals surface area contributed by atoms with Crippen LogP contribution in [0, 0.1) is 17.2 Å². The fraction of sp³-hybridized carbons (Fsp3) is 0.941. The SMILES string of the molecule is CCCNC1(C#N)CCCC1CCN1CCCOC(C)C1. The van der Waals surface area contributed by atoms with E-state index in [0.29, 0.717) is 12.0 Å². The van der Waals surface area contributed by atoms with Gasteiger partial charge in [0.2, 0.25) is 0 Å². The van der Waals surface area contributed by atoms with Gasteiger partial charge in [0.25, 0.3) is 0 Å². The molecule has 3 unspecified atom stereocenters. The third-order valence-corrected chi connectivity index (χ3v) is 5.04. The number of ether oxygens (including phenoxy) is 1. The van der Waals surface area contributed by atoms with Gasteiger partial charge in [0.05, 0.1) is 12.2 Å². The van der Waals surface area contributed by atoms with Crippen LogP contribution in [0.4, 0.5) is 0 Å². The zero-order valence-electron chi connectivity index (χ0n) is 13.7. The minimum Gasteiger partial charge on any atom is -0.377 e. The summed E-state index contributed by atoms with van der Waals surface area (Å²) in [6.45, 7) is 9.46. The first-order chi connectivity index (χ1) is 10.2. The van der Waals surface area contributed by atoms with E-state index in [1.807, 2.05) is 0 Å². The van der Waals surface area contributed by atoms with Crippen LogP contribution >= 0.6 is 0 Å². The maximum atomic E-state index is 9.69. The molecule has 0 amide bonds. The molecular weight excluding hydrogens is 262 g/mol. The Bertz CT molecular complexity index is 354. The predicted molar refractivity (Wildman–Crippen MR) is 85.1 cm³/mol.